The summed E-state index contributed by atoms with van der Waals surface area (Å²) in [6.07, 6.45) is 0. The van der Waals surface area contributed by atoms with Crippen molar-refractivity contribution in [1.29, 1.82) is 10.7 Å². The van der Waals surface area contributed by atoms with Crippen LogP contribution in [-0.2, 0) is 5.54 Å². The number of nitrogens with zero attached hydrogens (tertiary/aromatic N) is 2. The highest BCUT2D eigenvalue weighted by molar-refractivity contribution is 5.82. The van der Waals surface area contributed by atoms with Gasteiger partial charge >= 0.3 is 0 Å². The van der Waals surface area contributed by atoms with Crippen LogP contribution in [0, 0.1) is 16.7 Å². The number of hydrogen-bond donors (Lipinski definition) is 2. The van der Waals surface area contributed by atoms with Crippen LogP contribution in [0.2, 0.25) is 0 Å². The van der Waals surface area contributed by atoms with Crippen molar-refractivity contribution in [2.75, 3.05) is 14.2 Å². The molecular formula is C21H22N4O. The normalized spacial score (nSPS) is 22.5. The number of benzene rings is 2. The van der Waals surface area contributed by atoms with Gasteiger partial charge < -0.3 is 15.0 Å². The Labute approximate surface area is 154 Å². The highest BCUT2D eigenvalue weighted by atomic mass is 16.5. The van der Waals surface area contributed by atoms with Gasteiger partial charge in [0.05, 0.1) is 30.2 Å². The Balaban J connectivity index is 2.16. The third kappa shape index (κ3) is 2.80. The molecule has 0 amide bonds. The van der Waals surface area contributed by atoms with Gasteiger partial charge in [0, 0.05) is 12.7 Å². The van der Waals surface area contributed by atoms with Crippen LogP contribution in [0.1, 0.15) is 29.5 Å². The number of ether oxygens (including phenoxy) is 1. The van der Waals surface area contributed by atoms with Gasteiger partial charge in [-0.05, 0) is 42.3 Å². The van der Waals surface area contributed by atoms with Crippen LogP contribution in [-0.4, -0.2) is 25.0 Å². The number of likely N-dealkylation sites (N-methyl/N-ethyl adjacent to an activating group) is 1. The largest absolute Gasteiger partial charge is 0.497 e. The molecule has 0 bridgehead atoms. The molecule has 0 saturated carbocycles. The molecule has 0 spiro atoms. The molecule has 1 fully saturated rings. The van der Waals surface area contributed by atoms with Crippen LogP contribution in [0.25, 0.3) is 0 Å². The minimum Gasteiger partial charge on any atom is -0.497 e. The van der Waals surface area contributed by atoms with Gasteiger partial charge in [0.25, 0.3) is 0 Å². The average molecular weight is 346 g/mol. The SMILES string of the molecule is C=C1[C@@H](c2ccc(OC)cc2)[C@@](C)(c2cccc(C#N)c2)NC(=N)N1C. The number of guanidine groups is 1. The molecule has 2 N–H and O–H groups in total. The lowest BCUT2D eigenvalue weighted by Gasteiger charge is -2.48. The standard InChI is InChI=1S/C21H22N4O/c1-14-19(16-8-10-18(26-4)11-9-16)21(2,24-20(23)25(14)3)17-7-5-6-15(12-17)13-22/h5-12,19H,1H2,2-4H3,(H2,23,24)/t19-,21+/m0/s1. The lowest BCUT2D eigenvalue weighted by atomic mass is 9.72. The Morgan fingerprint density at radius 3 is 2.58 bits per heavy atom. The maximum Gasteiger partial charge on any atom is 0.195 e. The van der Waals surface area contributed by atoms with Crippen LogP contribution < -0.4 is 10.1 Å². The second-order valence-corrected chi connectivity index (χ2v) is 6.63. The molecule has 2 aromatic carbocycles. The molecule has 1 aliphatic heterocycles. The van der Waals surface area contributed by atoms with E-state index in [2.05, 4.69) is 18.0 Å². The lowest BCUT2D eigenvalue weighted by Crippen LogP contribution is -2.58. The highest BCUT2D eigenvalue weighted by Crippen LogP contribution is 2.45. The molecule has 0 radical (unpaired) electrons. The van der Waals surface area contributed by atoms with Gasteiger partial charge in [-0.15, -0.1) is 0 Å². The molecule has 2 atom stereocenters. The Morgan fingerprint density at radius 2 is 1.96 bits per heavy atom. The first-order valence-electron chi connectivity index (χ1n) is 8.34. The number of nitrogens with one attached hydrogen (secondary N) is 2. The number of methoxy groups -OCH3 is 1. The smallest absolute Gasteiger partial charge is 0.195 e. The van der Waals surface area contributed by atoms with E-state index in [4.69, 9.17) is 10.1 Å². The third-order valence-corrected chi connectivity index (χ3v) is 5.10. The van der Waals surface area contributed by atoms with E-state index in [9.17, 15) is 5.26 Å². The van der Waals surface area contributed by atoms with Crippen molar-refractivity contribution in [1.82, 2.24) is 10.2 Å². The molecule has 0 aliphatic carbocycles. The predicted molar refractivity (Wildman–Crippen MR) is 102 cm³/mol. The van der Waals surface area contributed by atoms with Gasteiger partial charge in [0.1, 0.15) is 5.75 Å². The molecule has 3 rings (SSSR count). The van der Waals surface area contributed by atoms with E-state index in [1.807, 2.05) is 56.4 Å². The van der Waals surface area contributed by atoms with Crippen LogP contribution in [0.4, 0.5) is 0 Å². The van der Waals surface area contributed by atoms with Crippen molar-refractivity contribution in [2.24, 2.45) is 0 Å². The fraction of sp³-hybridized carbons (Fsp3) is 0.238. The highest BCUT2D eigenvalue weighted by Gasteiger charge is 2.45. The third-order valence-electron chi connectivity index (χ3n) is 5.10. The molecule has 1 heterocycles. The maximum atomic E-state index is 9.28. The van der Waals surface area contributed by atoms with Crippen molar-refractivity contribution >= 4 is 5.96 Å². The van der Waals surface area contributed by atoms with Crippen LogP contribution in [0.15, 0.2) is 60.8 Å². The summed E-state index contributed by atoms with van der Waals surface area (Å²) in [5.74, 6) is 0.962. The molecule has 26 heavy (non-hydrogen) atoms. The Kier molecular flexibility index (Phi) is 4.43. The minimum atomic E-state index is -0.609. The summed E-state index contributed by atoms with van der Waals surface area (Å²) < 4.78 is 5.27. The van der Waals surface area contributed by atoms with E-state index in [0.717, 1.165) is 22.6 Å². The molecule has 0 aromatic heterocycles. The Hall–Kier alpha value is -3.26. The van der Waals surface area contributed by atoms with Crippen molar-refractivity contribution in [3.8, 4) is 11.8 Å². The van der Waals surface area contributed by atoms with Crippen molar-refractivity contribution in [3.63, 3.8) is 0 Å². The summed E-state index contributed by atoms with van der Waals surface area (Å²) in [5, 5.41) is 20.9. The molecule has 132 valence electrons. The summed E-state index contributed by atoms with van der Waals surface area (Å²) in [6.45, 7) is 6.31. The first-order valence-corrected chi connectivity index (χ1v) is 8.34. The number of hydrogen-bond acceptors (Lipinski definition) is 3. The zero-order valence-corrected chi connectivity index (χ0v) is 15.2. The quantitative estimate of drug-likeness (QED) is 0.891. The molecular weight excluding hydrogens is 324 g/mol. The first kappa shape index (κ1) is 17.6. The molecule has 5 nitrogen and oxygen atoms in total. The summed E-state index contributed by atoms with van der Waals surface area (Å²) in [7, 11) is 3.47. The van der Waals surface area contributed by atoms with E-state index >= 15 is 0 Å². The number of nitriles is 1. The monoisotopic (exact) mass is 346 g/mol. The predicted octanol–water partition coefficient (Wildman–Crippen LogP) is 3.55. The number of rotatable bonds is 3. The summed E-state index contributed by atoms with van der Waals surface area (Å²) in [5.41, 5.74) is 2.81. The van der Waals surface area contributed by atoms with Crippen molar-refractivity contribution in [3.05, 3.63) is 77.5 Å². The van der Waals surface area contributed by atoms with E-state index in [1.54, 1.807) is 18.1 Å². The van der Waals surface area contributed by atoms with Crippen LogP contribution >= 0.6 is 0 Å². The molecule has 0 unspecified atom stereocenters. The summed E-state index contributed by atoms with van der Waals surface area (Å²) >= 11 is 0. The fourth-order valence-corrected chi connectivity index (χ4v) is 3.55. The van der Waals surface area contributed by atoms with Crippen LogP contribution in [0.3, 0.4) is 0 Å². The molecule has 1 saturated heterocycles. The first-order chi connectivity index (χ1) is 12.4. The van der Waals surface area contributed by atoms with Gasteiger partial charge in [0.15, 0.2) is 5.96 Å². The topological polar surface area (TPSA) is 72.1 Å². The molecule has 5 heteroatoms. The Bertz CT molecular complexity index is 897. The fourth-order valence-electron chi connectivity index (χ4n) is 3.55. The van der Waals surface area contributed by atoms with Gasteiger partial charge in [-0.3, -0.25) is 5.41 Å². The zero-order chi connectivity index (χ0) is 18.9. The van der Waals surface area contributed by atoms with Gasteiger partial charge in [-0.2, -0.15) is 5.26 Å². The summed E-state index contributed by atoms with van der Waals surface area (Å²) in [6, 6.07) is 17.6. The van der Waals surface area contributed by atoms with Crippen molar-refractivity contribution < 1.29 is 4.74 Å². The average Bonchev–Trinajstić information content (AvgIpc) is 2.67. The van der Waals surface area contributed by atoms with Gasteiger partial charge in [0.2, 0.25) is 0 Å². The molecule has 2 aromatic rings. The van der Waals surface area contributed by atoms with Crippen molar-refractivity contribution in [2.45, 2.75) is 18.4 Å². The minimum absolute atomic E-state index is 0.110. The van der Waals surface area contributed by atoms with E-state index in [-0.39, 0.29) is 11.9 Å². The summed E-state index contributed by atoms with van der Waals surface area (Å²) in [4.78, 5) is 1.75. The Morgan fingerprint density at radius 1 is 1.27 bits per heavy atom. The van der Waals surface area contributed by atoms with Gasteiger partial charge in [-0.25, -0.2) is 0 Å². The van der Waals surface area contributed by atoms with Gasteiger partial charge in [-0.1, -0.05) is 30.8 Å². The van der Waals surface area contributed by atoms with Crippen LogP contribution in [0.5, 0.6) is 5.75 Å². The van der Waals surface area contributed by atoms with E-state index in [0.29, 0.717) is 5.56 Å². The van der Waals surface area contributed by atoms with E-state index in [1.165, 1.54) is 0 Å². The second-order valence-electron chi connectivity index (χ2n) is 6.63. The zero-order valence-electron chi connectivity index (χ0n) is 15.2. The second kappa shape index (κ2) is 6.57. The van der Waals surface area contributed by atoms with E-state index < -0.39 is 5.54 Å². The lowest BCUT2D eigenvalue weighted by molar-refractivity contribution is 0.292. The maximum absolute atomic E-state index is 9.28. The molecule has 1 aliphatic rings.